The predicted octanol–water partition coefficient (Wildman–Crippen LogP) is 2.49. The third-order valence-corrected chi connectivity index (χ3v) is 8.74. The van der Waals surface area contributed by atoms with Crippen LogP contribution in [0, 0.1) is 0 Å². The zero-order chi connectivity index (χ0) is 27.6. The van der Waals surface area contributed by atoms with E-state index in [1.165, 1.54) is 6.92 Å². The van der Waals surface area contributed by atoms with Gasteiger partial charge in [-0.15, -0.1) is 11.3 Å². The summed E-state index contributed by atoms with van der Waals surface area (Å²) in [5.41, 5.74) is 2.28. The van der Waals surface area contributed by atoms with Crippen molar-refractivity contribution in [2.24, 2.45) is 0 Å². The lowest BCUT2D eigenvalue weighted by molar-refractivity contribution is -0.162. The van der Waals surface area contributed by atoms with Gasteiger partial charge >= 0.3 is 5.97 Å². The van der Waals surface area contributed by atoms with Crippen LogP contribution in [0.15, 0.2) is 41.9 Å². The molecule has 0 spiro atoms. The molecule has 3 N–H and O–H groups in total. The number of aromatic nitrogens is 1. The molecule has 10 nitrogen and oxygen atoms in total. The molecule has 2 amide bonds. The highest BCUT2D eigenvalue weighted by atomic mass is 32.1. The van der Waals surface area contributed by atoms with Crippen LogP contribution in [0.3, 0.4) is 0 Å². The van der Waals surface area contributed by atoms with Gasteiger partial charge in [-0.25, -0.2) is 4.98 Å². The number of hydrogen-bond donors (Lipinski definition) is 3. The van der Waals surface area contributed by atoms with Gasteiger partial charge in [0.2, 0.25) is 6.23 Å². The van der Waals surface area contributed by atoms with E-state index in [0.717, 1.165) is 61.8 Å². The van der Waals surface area contributed by atoms with Crippen LogP contribution in [0.4, 0.5) is 5.13 Å². The van der Waals surface area contributed by atoms with Gasteiger partial charge in [0.25, 0.3) is 11.8 Å². The number of carbonyl (C=O) groups excluding carboxylic acids is 3. The average molecular weight is 553 g/mol. The van der Waals surface area contributed by atoms with Gasteiger partial charge in [0, 0.05) is 55.3 Å². The van der Waals surface area contributed by atoms with Gasteiger partial charge in [-0.2, -0.15) is 0 Å². The molecule has 1 aliphatic carbocycles. The molecule has 39 heavy (non-hydrogen) atoms. The zero-order valence-corrected chi connectivity index (χ0v) is 23.3. The number of amides is 2. The maximum absolute atomic E-state index is 13.4. The second-order valence-electron chi connectivity index (χ2n) is 10.6. The number of β-lactam (4-membered cyclic amide) rings is 1. The first-order valence-corrected chi connectivity index (χ1v) is 14.4. The van der Waals surface area contributed by atoms with Crippen molar-refractivity contribution in [1.29, 1.82) is 0 Å². The molecule has 0 radical (unpaired) electrons. The third kappa shape index (κ3) is 5.94. The van der Waals surface area contributed by atoms with E-state index in [1.54, 1.807) is 11.3 Å². The van der Waals surface area contributed by atoms with Crippen molar-refractivity contribution in [3.05, 3.63) is 47.5 Å². The quantitative estimate of drug-likeness (QED) is 0.338. The van der Waals surface area contributed by atoms with Crippen LogP contribution in [-0.4, -0.2) is 78.7 Å². The molecular weight excluding hydrogens is 516 g/mol. The summed E-state index contributed by atoms with van der Waals surface area (Å²) in [4.78, 5) is 46.4. The monoisotopic (exact) mass is 552 g/mol. The fourth-order valence-corrected chi connectivity index (χ4v) is 6.27. The molecule has 3 heterocycles. The van der Waals surface area contributed by atoms with Crippen LogP contribution < -0.4 is 20.9 Å². The van der Waals surface area contributed by atoms with Gasteiger partial charge < -0.3 is 30.5 Å². The number of likely N-dealkylation sites (N-methyl/N-ethyl adjacent to an activating group) is 1. The molecule has 3 aliphatic rings. The summed E-state index contributed by atoms with van der Waals surface area (Å²) in [6.45, 7) is 9.51. The number of carbonyl (C=O) groups is 3. The van der Waals surface area contributed by atoms with E-state index >= 15 is 0 Å². The number of nitrogens with zero attached hydrogens (tertiary/aromatic N) is 3. The van der Waals surface area contributed by atoms with Crippen molar-refractivity contribution in [3.8, 4) is 11.3 Å². The number of rotatable bonds is 8. The number of ether oxygens (including phenoxy) is 1. The van der Waals surface area contributed by atoms with Crippen LogP contribution in [0.2, 0.25) is 0 Å². The minimum Gasteiger partial charge on any atom is -0.439 e. The molecule has 2 atom stereocenters. The standard InChI is InChI=1S/C28H36N6O4S/c1-18(29-23-25(37)31-26(23)38-19(2)35)28(11-5-4-6-12-28)32-24(36)21-9-7-20(8-10-21)22-17-39-27(30-22)34-15-13-33(3)14-16-34/h7-10,17,23,26,29H,1,4-6,11-16H2,2-3H3,(H,31,37)(H,32,36). The molecule has 208 valence electrons. The summed E-state index contributed by atoms with van der Waals surface area (Å²) >= 11 is 1.65. The van der Waals surface area contributed by atoms with E-state index in [9.17, 15) is 14.4 Å². The topological polar surface area (TPSA) is 116 Å². The van der Waals surface area contributed by atoms with Crippen LogP contribution in [0.25, 0.3) is 11.3 Å². The Morgan fingerprint density at radius 2 is 1.82 bits per heavy atom. The predicted molar refractivity (Wildman–Crippen MR) is 150 cm³/mol. The number of piperazine rings is 1. The molecular formula is C28H36N6O4S. The average Bonchev–Trinajstić information content (AvgIpc) is 3.42. The number of anilines is 1. The Labute approximate surface area is 232 Å². The van der Waals surface area contributed by atoms with Crippen molar-refractivity contribution in [3.63, 3.8) is 0 Å². The Kier molecular flexibility index (Phi) is 7.90. The zero-order valence-electron chi connectivity index (χ0n) is 22.5. The van der Waals surface area contributed by atoms with E-state index in [-0.39, 0.29) is 11.8 Å². The Bertz CT molecular complexity index is 1230. The molecule has 1 aromatic heterocycles. The van der Waals surface area contributed by atoms with Crippen molar-refractivity contribution in [1.82, 2.24) is 25.8 Å². The lowest BCUT2D eigenvalue weighted by Gasteiger charge is -2.44. The lowest BCUT2D eigenvalue weighted by Crippen LogP contribution is -2.70. The summed E-state index contributed by atoms with van der Waals surface area (Å²) in [6.07, 6.45) is 3.61. The normalized spacial score (nSPS) is 22.8. The Balaban J connectivity index is 1.25. The van der Waals surface area contributed by atoms with Crippen molar-refractivity contribution < 1.29 is 19.1 Å². The Hall–Kier alpha value is -3.44. The molecule has 2 unspecified atom stereocenters. The number of hydrogen-bond acceptors (Lipinski definition) is 9. The molecule has 1 saturated carbocycles. The van der Waals surface area contributed by atoms with Crippen LogP contribution in [-0.2, 0) is 14.3 Å². The molecule has 1 aromatic carbocycles. The Morgan fingerprint density at radius 3 is 2.46 bits per heavy atom. The van der Waals surface area contributed by atoms with E-state index in [1.807, 2.05) is 24.3 Å². The van der Waals surface area contributed by atoms with Crippen molar-refractivity contribution in [2.75, 3.05) is 38.1 Å². The lowest BCUT2D eigenvalue weighted by atomic mass is 9.78. The molecule has 2 aliphatic heterocycles. The highest BCUT2D eigenvalue weighted by Crippen LogP contribution is 2.34. The molecule has 11 heteroatoms. The van der Waals surface area contributed by atoms with Gasteiger partial charge in [-0.3, -0.25) is 14.4 Å². The smallest absolute Gasteiger partial charge is 0.304 e. The second-order valence-corrected chi connectivity index (χ2v) is 11.5. The van der Waals surface area contributed by atoms with Gasteiger partial charge in [0.15, 0.2) is 11.2 Å². The van der Waals surface area contributed by atoms with E-state index in [2.05, 4.69) is 44.8 Å². The molecule has 5 rings (SSSR count). The first-order chi connectivity index (χ1) is 18.7. The molecule has 2 saturated heterocycles. The first-order valence-electron chi connectivity index (χ1n) is 13.5. The minimum absolute atomic E-state index is 0.197. The van der Waals surface area contributed by atoms with Crippen LogP contribution >= 0.6 is 11.3 Å². The van der Waals surface area contributed by atoms with E-state index in [4.69, 9.17) is 9.72 Å². The highest BCUT2D eigenvalue weighted by Gasteiger charge is 2.45. The fraction of sp³-hybridized carbons (Fsp3) is 0.500. The van der Waals surface area contributed by atoms with Gasteiger partial charge in [0.05, 0.1) is 11.2 Å². The third-order valence-electron chi connectivity index (χ3n) is 7.84. The summed E-state index contributed by atoms with van der Waals surface area (Å²) < 4.78 is 5.16. The molecule has 2 aromatic rings. The summed E-state index contributed by atoms with van der Waals surface area (Å²) in [5, 5.41) is 12.0. The summed E-state index contributed by atoms with van der Waals surface area (Å²) in [7, 11) is 2.14. The first kappa shape index (κ1) is 27.1. The Morgan fingerprint density at radius 1 is 1.13 bits per heavy atom. The van der Waals surface area contributed by atoms with Crippen LogP contribution in [0.1, 0.15) is 49.4 Å². The molecule has 3 fully saturated rings. The second kappa shape index (κ2) is 11.4. The number of esters is 1. The SMILES string of the molecule is C=C(NC1C(=O)NC1OC(C)=O)C1(NC(=O)c2ccc(-c3csc(N4CCN(C)CC4)n3)cc2)CCCCC1. The maximum atomic E-state index is 13.4. The number of benzene rings is 1. The highest BCUT2D eigenvalue weighted by molar-refractivity contribution is 7.14. The minimum atomic E-state index is -0.752. The van der Waals surface area contributed by atoms with Gasteiger partial charge in [-0.1, -0.05) is 38.0 Å². The fourth-order valence-electron chi connectivity index (χ4n) is 5.38. The number of nitrogens with one attached hydrogen (secondary N) is 3. The van der Waals surface area contributed by atoms with Gasteiger partial charge in [-0.05, 0) is 32.0 Å². The van der Waals surface area contributed by atoms with E-state index in [0.29, 0.717) is 24.1 Å². The summed E-state index contributed by atoms with van der Waals surface area (Å²) in [6, 6.07) is 6.77. The summed E-state index contributed by atoms with van der Waals surface area (Å²) in [5.74, 6) is -0.944. The largest absolute Gasteiger partial charge is 0.439 e. The van der Waals surface area contributed by atoms with Crippen molar-refractivity contribution >= 4 is 34.3 Å². The van der Waals surface area contributed by atoms with Crippen LogP contribution in [0.5, 0.6) is 0 Å². The maximum Gasteiger partial charge on any atom is 0.304 e. The van der Waals surface area contributed by atoms with E-state index < -0.39 is 23.8 Å². The van der Waals surface area contributed by atoms with Crippen molar-refractivity contribution in [2.45, 2.75) is 56.8 Å². The van der Waals surface area contributed by atoms with Gasteiger partial charge in [0.1, 0.15) is 0 Å². The molecule has 0 bridgehead atoms. The number of thiazole rings is 1.